The average molecular weight is 1540 g/mol. The van der Waals surface area contributed by atoms with Gasteiger partial charge in [-0.1, -0.05) is 97.8 Å². The highest BCUT2D eigenvalue weighted by Crippen LogP contribution is 2.42. The van der Waals surface area contributed by atoms with Crippen molar-refractivity contribution in [1.82, 2.24) is 24.6 Å². The Morgan fingerprint density at radius 1 is 0.460 bits per heavy atom. The van der Waals surface area contributed by atoms with Gasteiger partial charge in [0.1, 0.15) is 64.1 Å². The highest BCUT2D eigenvalue weighted by atomic mass is 32.1. The Kier molecular flexibility index (Phi) is 22.6. The number of amides is 4. The number of hydrogen-bond donors (Lipinski definition) is 0. The summed E-state index contributed by atoms with van der Waals surface area (Å²) in [6, 6.07) is 46.4. The molecule has 5 saturated carbocycles. The van der Waals surface area contributed by atoms with Crippen molar-refractivity contribution in [2.75, 3.05) is 13.2 Å². The molecule has 576 valence electrons. The van der Waals surface area contributed by atoms with Crippen molar-refractivity contribution in [3.63, 3.8) is 0 Å². The number of rotatable bonds is 16. The summed E-state index contributed by atoms with van der Waals surface area (Å²) in [4.78, 5) is 158. The predicted molar refractivity (Wildman–Crippen MR) is 413 cm³/mol. The van der Waals surface area contributed by atoms with Gasteiger partial charge >= 0.3 is 0 Å². The van der Waals surface area contributed by atoms with E-state index in [2.05, 4.69) is 18.0 Å². The molecule has 4 unspecified atom stereocenters. The molecular formula is C89H82N6O17S. The number of Topliss-reactive ketones (excluding diaryl/α,β-unsaturated/α-hetero) is 8. The highest BCUT2D eigenvalue weighted by Gasteiger charge is 2.45. The van der Waals surface area contributed by atoms with Crippen LogP contribution in [0, 0.1) is 23.2 Å². The standard InChI is InChI=1S/C24H21NO5.C22H18N2O4.C22H27NO4.C21H16N2O4S/c26-16-8-9-20(21(27)13-16)25-14-19-18(24(25)28)5-3-7-23(19)29-11-10-17-12-15-4-1-2-6-22(15)30-17;23-11-14-4-6-15(7-5-14)13-28-21-3-1-2-17-18(21)12-24(22(17)27)19-9-8-16(25)10-20(19)26;1-14-5-7-15(8-6-14)13-27-21-4-2-3-17-18(21)12-23(22(17)26)19-10-9-16(24)11-20(19)25;24-12-8-9-16(17(25)10-12)23-11-14-13(20(23)26)4-3-6-18(14)27-21-22-15-5-1-2-7-19(15)28-21/h1-7,12,20H,8-11,13-14H2;1-7,19H,8-10,12-13H2;2-4,14-15,19H,5-13H2,1H3;1-7,16H,8-11H2. The summed E-state index contributed by atoms with van der Waals surface area (Å²) < 4.78 is 30.9. The molecule has 9 aliphatic rings. The van der Waals surface area contributed by atoms with Gasteiger partial charge in [-0.3, -0.25) is 57.5 Å². The van der Waals surface area contributed by atoms with E-state index in [-0.39, 0.29) is 95.6 Å². The minimum absolute atomic E-state index is 0.0220. The van der Waals surface area contributed by atoms with E-state index in [9.17, 15) is 57.5 Å². The third kappa shape index (κ3) is 16.6. The second kappa shape index (κ2) is 33.5. The van der Waals surface area contributed by atoms with Crippen LogP contribution < -0.4 is 18.9 Å². The van der Waals surface area contributed by atoms with Gasteiger partial charge in [0.25, 0.3) is 28.8 Å². The topological polar surface area (TPSA) is 305 Å². The summed E-state index contributed by atoms with van der Waals surface area (Å²) in [6.45, 7) is 5.07. The van der Waals surface area contributed by atoms with Gasteiger partial charge in [0.05, 0.1) is 111 Å². The summed E-state index contributed by atoms with van der Waals surface area (Å²) >= 11 is 1.44. The number of fused-ring (bicyclic) bond motifs is 6. The van der Waals surface area contributed by atoms with E-state index in [4.69, 9.17) is 28.6 Å². The fourth-order valence-corrected chi connectivity index (χ4v) is 17.3. The van der Waals surface area contributed by atoms with Crippen LogP contribution in [0.2, 0.25) is 0 Å². The van der Waals surface area contributed by atoms with Crippen LogP contribution in [0.25, 0.3) is 21.2 Å². The van der Waals surface area contributed by atoms with Gasteiger partial charge in [0.15, 0.2) is 23.1 Å². The van der Waals surface area contributed by atoms with E-state index in [1.165, 1.54) is 37.0 Å². The molecule has 7 aromatic carbocycles. The number of ether oxygens (including phenoxy) is 4. The lowest BCUT2D eigenvalue weighted by Crippen LogP contribution is -2.44. The second-order valence-corrected chi connectivity index (χ2v) is 31.2. The Bertz CT molecular complexity index is 5310. The van der Waals surface area contributed by atoms with Crippen LogP contribution >= 0.6 is 11.3 Å². The number of nitriles is 1. The smallest absolute Gasteiger partial charge is 0.279 e. The number of benzene rings is 7. The molecule has 4 aliphatic heterocycles. The Labute approximate surface area is 655 Å². The molecule has 0 radical (unpaired) electrons. The van der Waals surface area contributed by atoms with Gasteiger partial charge in [-0.05, 0) is 141 Å². The van der Waals surface area contributed by atoms with Crippen molar-refractivity contribution >= 4 is 102 Å². The molecule has 4 atom stereocenters. The Hall–Kier alpha value is -12.1. The zero-order valence-electron chi connectivity index (χ0n) is 62.4. The van der Waals surface area contributed by atoms with E-state index in [1.807, 2.05) is 103 Å². The largest absolute Gasteiger partial charge is 0.493 e. The Morgan fingerprint density at radius 3 is 1.34 bits per heavy atom. The number of ketones is 8. The molecule has 5 aliphatic carbocycles. The molecule has 23 nitrogen and oxygen atoms in total. The number of carbonyl (C=O) groups is 12. The number of para-hydroxylation sites is 2. The molecule has 6 heterocycles. The number of furan rings is 1. The first kappa shape index (κ1) is 76.3. The lowest BCUT2D eigenvalue weighted by Gasteiger charge is -2.29. The number of aromatic nitrogens is 1. The number of thiazole rings is 1. The maximum absolute atomic E-state index is 12.9. The lowest BCUT2D eigenvalue weighted by atomic mass is 9.83. The molecule has 18 rings (SSSR count). The molecule has 4 amide bonds. The molecule has 9 aromatic rings. The van der Waals surface area contributed by atoms with E-state index < -0.39 is 24.2 Å². The van der Waals surface area contributed by atoms with Crippen molar-refractivity contribution < 1.29 is 80.9 Å². The Morgan fingerprint density at radius 2 is 0.885 bits per heavy atom. The van der Waals surface area contributed by atoms with Crippen LogP contribution in [0.4, 0.5) is 0 Å². The van der Waals surface area contributed by atoms with Crippen LogP contribution in [0.15, 0.2) is 156 Å². The fraction of sp³-hybridized carbons (Fsp3) is 0.348. The SMILES string of the molecule is CC1CCC(COc2cccc3c2CN(C2CCC(=O)CC2=O)C3=O)CC1.N#Cc1ccc(COc2cccc3c2CN(C2CCC(=O)CC2=O)C3=O)cc1.O=C1CCC(N2Cc3c(OCCc4cc5ccccc5o4)cccc3C2=O)C(=O)C1.O=C1CCC(N2Cc3c(Oc4nc5ccccc5s4)cccc3C2=O)C(=O)C1. The fourth-order valence-electron chi connectivity index (χ4n) is 16.5. The van der Waals surface area contributed by atoms with Crippen LogP contribution in [-0.2, 0) is 77.6 Å². The summed E-state index contributed by atoms with van der Waals surface area (Å²) in [5, 5.41) is 10.4. The molecule has 24 heteroatoms. The predicted octanol–water partition coefficient (Wildman–Crippen LogP) is 13.8. The monoisotopic (exact) mass is 1540 g/mol. The Balaban J connectivity index is 0.000000119. The molecule has 113 heavy (non-hydrogen) atoms. The van der Waals surface area contributed by atoms with E-state index >= 15 is 0 Å². The van der Waals surface area contributed by atoms with Crippen molar-refractivity contribution in [3.05, 3.63) is 213 Å². The van der Waals surface area contributed by atoms with E-state index in [0.29, 0.717) is 160 Å². The maximum Gasteiger partial charge on any atom is 0.279 e. The number of nitrogens with zero attached hydrogens (tertiary/aromatic N) is 6. The normalized spacial score (nSPS) is 21.2. The quantitative estimate of drug-likeness (QED) is 0.0811. The summed E-state index contributed by atoms with van der Waals surface area (Å²) in [5.74, 6) is 3.35. The van der Waals surface area contributed by atoms with Crippen molar-refractivity contribution in [2.24, 2.45) is 11.8 Å². The molecule has 0 bridgehead atoms. The van der Waals surface area contributed by atoms with Crippen LogP contribution in [0.1, 0.15) is 190 Å². The average Bonchev–Trinajstić information content (AvgIpc) is 1.64. The first-order valence-electron chi connectivity index (χ1n) is 38.6. The summed E-state index contributed by atoms with van der Waals surface area (Å²) in [5.41, 5.74) is 8.73. The molecule has 0 spiro atoms. The van der Waals surface area contributed by atoms with Crippen molar-refractivity contribution in [2.45, 2.75) is 173 Å². The van der Waals surface area contributed by atoms with Gasteiger partial charge < -0.3 is 43.0 Å². The second-order valence-electron chi connectivity index (χ2n) is 30.2. The van der Waals surface area contributed by atoms with E-state index in [0.717, 1.165) is 66.4 Å². The van der Waals surface area contributed by atoms with Gasteiger partial charge in [-0.15, -0.1) is 0 Å². The lowest BCUT2D eigenvalue weighted by molar-refractivity contribution is -0.134. The van der Waals surface area contributed by atoms with Gasteiger partial charge in [0, 0.05) is 82.0 Å². The van der Waals surface area contributed by atoms with Crippen LogP contribution in [0.5, 0.6) is 28.2 Å². The summed E-state index contributed by atoms with van der Waals surface area (Å²) in [6.07, 6.45) is 8.24. The van der Waals surface area contributed by atoms with Gasteiger partial charge in [-0.25, -0.2) is 4.98 Å². The van der Waals surface area contributed by atoms with Crippen molar-refractivity contribution in [3.8, 4) is 34.3 Å². The third-order valence-corrected chi connectivity index (χ3v) is 23.6. The van der Waals surface area contributed by atoms with Crippen molar-refractivity contribution in [1.29, 1.82) is 5.26 Å². The molecular weight excluding hydrogens is 1460 g/mol. The van der Waals surface area contributed by atoms with Crippen LogP contribution in [-0.4, -0.2) is 132 Å². The van der Waals surface area contributed by atoms with E-state index in [1.54, 1.807) is 68.1 Å². The molecule has 5 fully saturated rings. The zero-order chi connectivity index (χ0) is 78.6. The third-order valence-electron chi connectivity index (χ3n) is 22.7. The van der Waals surface area contributed by atoms with Crippen LogP contribution in [0.3, 0.4) is 0 Å². The zero-order valence-corrected chi connectivity index (χ0v) is 63.2. The molecule has 0 saturated heterocycles. The summed E-state index contributed by atoms with van der Waals surface area (Å²) in [7, 11) is 0. The minimum Gasteiger partial charge on any atom is -0.493 e. The molecule has 0 N–H and O–H groups in total. The van der Waals surface area contributed by atoms with Gasteiger partial charge in [0.2, 0.25) is 0 Å². The first-order valence-corrected chi connectivity index (χ1v) is 39.4. The number of hydrogen-bond acceptors (Lipinski definition) is 20. The van der Waals surface area contributed by atoms with Gasteiger partial charge in [-0.2, -0.15) is 5.26 Å². The maximum atomic E-state index is 12.9. The highest BCUT2D eigenvalue weighted by molar-refractivity contribution is 7.20. The number of carbonyl (C=O) groups excluding carboxylic acids is 12. The first-order chi connectivity index (χ1) is 54.8. The molecule has 2 aromatic heterocycles. The minimum atomic E-state index is -0.538.